The van der Waals surface area contributed by atoms with E-state index in [0.29, 0.717) is 0 Å². The molecule has 2 heteroatoms. The molecule has 0 N–H and O–H groups in total. The third-order valence-corrected chi connectivity index (χ3v) is 14.0. The van der Waals surface area contributed by atoms with E-state index in [9.17, 15) is 0 Å². The Labute approximate surface area is 364 Å². The minimum atomic E-state index is -0.117. The molecular formula is C60H46N2. The van der Waals surface area contributed by atoms with E-state index in [2.05, 4.69) is 243 Å². The van der Waals surface area contributed by atoms with Gasteiger partial charge in [0, 0.05) is 44.4 Å². The van der Waals surface area contributed by atoms with Crippen LogP contribution in [0.15, 0.2) is 206 Å². The Morgan fingerprint density at radius 3 is 1.45 bits per heavy atom. The first kappa shape index (κ1) is 36.4. The van der Waals surface area contributed by atoms with Gasteiger partial charge in [-0.05, 0) is 133 Å². The summed E-state index contributed by atoms with van der Waals surface area (Å²) in [6.07, 6.45) is 0. The number of anilines is 3. The Bertz CT molecular complexity index is 3360. The lowest BCUT2D eigenvalue weighted by atomic mass is 9.81. The second kappa shape index (κ2) is 13.5. The zero-order valence-electron chi connectivity index (χ0n) is 35.5. The Balaban J connectivity index is 0.968. The number of para-hydroxylation sites is 2. The molecule has 10 aromatic rings. The van der Waals surface area contributed by atoms with Crippen molar-refractivity contribution in [2.24, 2.45) is 0 Å². The van der Waals surface area contributed by atoms with Crippen LogP contribution in [0.5, 0.6) is 0 Å². The van der Waals surface area contributed by atoms with Crippen LogP contribution in [0.3, 0.4) is 0 Å². The molecular weight excluding hydrogens is 749 g/mol. The summed E-state index contributed by atoms with van der Waals surface area (Å²) in [5.41, 5.74) is 22.5. The molecule has 296 valence electrons. The van der Waals surface area contributed by atoms with Gasteiger partial charge in [-0.3, -0.25) is 0 Å². The first-order valence-corrected chi connectivity index (χ1v) is 21.8. The molecule has 62 heavy (non-hydrogen) atoms. The molecule has 12 rings (SSSR count). The van der Waals surface area contributed by atoms with Gasteiger partial charge in [-0.2, -0.15) is 0 Å². The van der Waals surface area contributed by atoms with Crippen LogP contribution in [-0.4, -0.2) is 4.57 Å². The maximum atomic E-state index is 2.44. The number of hydrogen-bond acceptors (Lipinski definition) is 1. The van der Waals surface area contributed by atoms with Crippen LogP contribution in [-0.2, 0) is 10.8 Å². The molecule has 2 nitrogen and oxygen atoms in total. The minimum Gasteiger partial charge on any atom is -0.310 e. The predicted octanol–water partition coefficient (Wildman–Crippen LogP) is 16.2. The summed E-state index contributed by atoms with van der Waals surface area (Å²) in [5, 5.41) is 2.53. The van der Waals surface area contributed by atoms with Gasteiger partial charge in [0.2, 0.25) is 0 Å². The van der Waals surface area contributed by atoms with Crippen molar-refractivity contribution in [2.45, 2.75) is 38.5 Å². The fourth-order valence-corrected chi connectivity index (χ4v) is 10.8. The van der Waals surface area contributed by atoms with Crippen molar-refractivity contribution in [3.8, 4) is 50.2 Å². The summed E-state index contributed by atoms with van der Waals surface area (Å²) in [7, 11) is 0. The van der Waals surface area contributed by atoms with Crippen molar-refractivity contribution in [3.05, 3.63) is 229 Å². The highest BCUT2D eigenvalue weighted by atomic mass is 15.1. The molecule has 2 aliphatic rings. The Morgan fingerprint density at radius 1 is 0.323 bits per heavy atom. The predicted molar refractivity (Wildman–Crippen MR) is 261 cm³/mol. The molecule has 0 spiro atoms. The molecule has 0 bridgehead atoms. The van der Waals surface area contributed by atoms with E-state index >= 15 is 0 Å². The summed E-state index contributed by atoms with van der Waals surface area (Å²) in [5.74, 6) is 0. The third-order valence-electron chi connectivity index (χ3n) is 14.0. The lowest BCUT2D eigenvalue weighted by Gasteiger charge is -2.28. The summed E-state index contributed by atoms with van der Waals surface area (Å²) in [6, 6.07) is 76.6. The Hall–Kier alpha value is -7.42. The molecule has 0 fully saturated rings. The molecule has 0 saturated heterocycles. The van der Waals surface area contributed by atoms with Crippen LogP contribution in [0.25, 0.3) is 72.0 Å². The standard InChI is InChI=1S/C60H46N2/c1-59(2)53-23-9-5-19-47(53)49-33-29-42(37-55(49)59)39-27-30-43(31-28-39)61(46-32-34-50-48-20-6-10-24-54(48)60(3,4)56(50)38-46)44-17-13-15-40(35-44)41-16-14-18-45(36-41)62-57-25-11-7-21-51(57)52-22-8-12-26-58(52)62/h5-38H,1-4H3. The van der Waals surface area contributed by atoms with Crippen molar-refractivity contribution < 1.29 is 0 Å². The number of benzene rings is 9. The van der Waals surface area contributed by atoms with Crippen molar-refractivity contribution in [2.75, 3.05) is 4.90 Å². The molecule has 0 radical (unpaired) electrons. The molecule has 1 aromatic heterocycles. The van der Waals surface area contributed by atoms with E-state index in [0.717, 1.165) is 22.7 Å². The second-order valence-corrected chi connectivity index (χ2v) is 18.2. The monoisotopic (exact) mass is 794 g/mol. The summed E-state index contributed by atoms with van der Waals surface area (Å²) in [4.78, 5) is 2.44. The van der Waals surface area contributed by atoms with Gasteiger partial charge in [-0.25, -0.2) is 0 Å². The number of nitrogens with zero attached hydrogens (tertiary/aromatic N) is 2. The minimum absolute atomic E-state index is 0.0479. The number of aromatic nitrogens is 1. The van der Waals surface area contributed by atoms with Gasteiger partial charge >= 0.3 is 0 Å². The van der Waals surface area contributed by atoms with E-state index < -0.39 is 0 Å². The number of hydrogen-bond donors (Lipinski definition) is 0. The molecule has 0 unspecified atom stereocenters. The van der Waals surface area contributed by atoms with E-state index in [4.69, 9.17) is 0 Å². The largest absolute Gasteiger partial charge is 0.310 e. The van der Waals surface area contributed by atoms with Crippen LogP contribution in [0.4, 0.5) is 17.1 Å². The zero-order chi connectivity index (χ0) is 41.7. The smallest absolute Gasteiger partial charge is 0.0541 e. The first-order chi connectivity index (χ1) is 30.3. The highest BCUT2D eigenvalue weighted by molar-refractivity contribution is 6.09. The zero-order valence-corrected chi connectivity index (χ0v) is 35.5. The molecule has 0 saturated carbocycles. The van der Waals surface area contributed by atoms with Gasteiger partial charge in [0.05, 0.1) is 11.0 Å². The maximum Gasteiger partial charge on any atom is 0.0541 e. The Kier molecular flexibility index (Phi) is 7.96. The van der Waals surface area contributed by atoms with Crippen LogP contribution >= 0.6 is 0 Å². The maximum absolute atomic E-state index is 2.44. The van der Waals surface area contributed by atoms with E-state index in [1.54, 1.807) is 0 Å². The van der Waals surface area contributed by atoms with Crippen LogP contribution < -0.4 is 4.90 Å². The van der Waals surface area contributed by atoms with E-state index in [-0.39, 0.29) is 10.8 Å². The van der Waals surface area contributed by atoms with Crippen molar-refractivity contribution in [1.82, 2.24) is 4.57 Å². The molecule has 0 aliphatic heterocycles. The van der Waals surface area contributed by atoms with Crippen LogP contribution in [0, 0.1) is 0 Å². The highest BCUT2D eigenvalue weighted by Crippen LogP contribution is 2.52. The van der Waals surface area contributed by atoms with Gasteiger partial charge in [-0.15, -0.1) is 0 Å². The van der Waals surface area contributed by atoms with Gasteiger partial charge in [0.25, 0.3) is 0 Å². The molecule has 2 aliphatic carbocycles. The fraction of sp³-hybridized carbons (Fsp3) is 0.100. The van der Waals surface area contributed by atoms with Gasteiger partial charge in [-0.1, -0.05) is 167 Å². The highest BCUT2D eigenvalue weighted by Gasteiger charge is 2.37. The summed E-state index contributed by atoms with van der Waals surface area (Å²) in [6.45, 7) is 9.44. The summed E-state index contributed by atoms with van der Waals surface area (Å²) < 4.78 is 2.40. The van der Waals surface area contributed by atoms with Crippen molar-refractivity contribution in [1.29, 1.82) is 0 Å². The fourth-order valence-electron chi connectivity index (χ4n) is 10.8. The van der Waals surface area contributed by atoms with Gasteiger partial charge in [0.15, 0.2) is 0 Å². The molecule has 0 amide bonds. The van der Waals surface area contributed by atoms with Gasteiger partial charge < -0.3 is 9.47 Å². The van der Waals surface area contributed by atoms with Crippen LogP contribution in [0.1, 0.15) is 49.9 Å². The lowest BCUT2D eigenvalue weighted by Crippen LogP contribution is -2.16. The van der Waals surface area contributed by atoms with Gasteiger partial charge in [0.1, 0.15) is 0 Å². The number of fused-ring (bicyclic) bond motifs is 9. The van der Waals surface area contributed by atoms with Crippen molar-refractivity contribution >= 4 is 38.9 Å². The molecule has 0 atom stereocenters. The molecule has 9 aromatic carbocycles. The second-order valence-electron chi connectivity index (χ2n) is 18.2. The lowest BCUT2D eigenvalue weighted by molar-refractivity contribution is 0.660. The summed E-state index contributed by atoms with van der Waals surface area (Å²) >= 11 is 0. The average molecular weight is 795 g/mol. The molecule has 1 heterocycles. The quantitative estimate of drug-likeness (QED) is 0.163. The average Bonchev–Trinajstić information content (AvgIpc) is 3.86. The topological polar surface area (TPSA) is 8.17 Å². The van der Waals surface area contributed by atoms with E-state index in [1.807, 2.05) is 0 Å². The number of rotatable bonds is 6. The van der Waals surface area contributed by atoms with E-state index in [1.165, 1.54) is 88.6 Å². The van der Waals surface area contributed by atoms with Crippen LogP contribution in [0.2, 0.25) is 0 Å². The van der Waals surface area contributed by atoms with Crippen molar-refractivity contribution in [3.63, 3.8) is 0 Å². The normalized spacial score (nSPS) is 14.1. The SMILES string of the molecule is CC1(C)c2ccccc2-c2ccc(-c3ccc(N(c4cccc(-c5cccc(-n6c7ccccc7c7ccccc76)c5)c4)c4ccc5c(c4)C(C)(C)c4ccccc4-5)cc3)cc21. The Morgan fingerprint density at radius 2 is 0.790 bits per heavy atom. The first-order valence-electron chi connectivity index (χ1n) is 21.8. The third kappa shape index (κ3) is 5.43.